The molecule has 1 atom stereocenters. The summed E-state index contributed by atoms with van der Waals surface area (Å²) in [4.78, 5) is 38.2. The number of hydrogen-bond acceptors (Lipinski definition) is 6. The van der Waals surface area contributed by atoms with Crippen molar-refractivity contribution in [3.8, 4) is 0 Å². The van der Waals surface area contributed by atoms with Crippen molar-refractivity contribution in [1.82, 2.24) is 0 Å². The average Bonchev–Trinajstić information content (AvgIpc) is 3.41. The van der Waals surface area contributed by atoms with E-state index >= 15 is 0 Å². The number of rotatable bonds is 53. The second kappa shape index (κ2) is 61.8. The largest absolute Gasteiger partial charge is 0.462 e. The van der Waals surface area contributed by atoms with Gasteiger partial charge in [0.1, 0.15) is 13.2 Å². The van der Waals surface area contributed by atoms with E-state index in [0.717, 1.165) is 154 Å². The van der Waals surface area contributed by atoms with Crippen LogP contribution in [0, 0.1) is 0 Å². The van der Waals surface area contributed by atoms with Crippen LogP contribution in [0.5, 0.6) is 0 Å². The lowest BCUT2D eigenvalue weighted by molar-refractivity contribution is -0.167. The minimum atomic E-state index is -0.813. The third kappa shape index (κ3) is 60.0. The third-order valence-electron chi connectivity index (χ3n) is 12.3. The molecule has 0 rings (SSSR count). The van der Waals surface area contributed by atoms with Gasteiger partial charge in [0.05, 0.1) is 0 Å². The molecule has 0 saturated carbocycles. The molecule has 0 bridgehead atoms. The lowest BCUT2D eigenvalue weighted by Crippen LogP contribution is -2.30. The fourth-order valence-electron chi connectivity index (χ4n) is 7.83. The SMILES string of the molecule is CC/C=C\C/C=C\C/C=C\C/C=C\C/C=C\C/C=C\CCCCCCCCCCCCC(=O)OCC(COC(=O)CCCCCCC/C=C\C/C=C\CCC)OC(=O)CCCC/C=C\C/C=C\C/C=C\C/C=C\CC. The number of esters is 3. The Hall–Kier alpha value is -4.71. The molecule has 0 aromatic carbocycles. The van der Waals surface area contributed by atoms with Crippen molar-refractivity contribution in [2.24, 2.45) is 0 Å². The van der Waals surface area contributed by atoms with Crippen LogP contribution in [0.2, 0.25) is 0 Å². The van der Waals surface area contributed by atoms with Gasteiger partial charge in [-0.1, -0.05) is 244 Å². The fourth-order valence-corrected chi connectivity index (χ4v) is 7.83. The molecule has 0 fully saturated rings. The first-order valence-corrected chi connectivity index (χ1v) is 30.3. The van der Waals surface area contributed by atoms with E-state index in [0.29, 0.717) is 19.3 Å². The number of hydrogen-bond donors (Lipinski definition) is 0. The van der Waals surface area contributed by atoms with Crippen molar-refractivity contribution >= 4 is 17.9 Å². The van der Waals surface area contributed by atoms with E-state index in [1.807, 2.05) is 0 Å². The molecule has 0 spiro atoms. The summed E-state index contributed by atoms with van der Waals surface area (Å²) in [6.07, 6.45) is 88.5. The van der Waals surface area contributed by atoms with Crippen LogP contribution in [-0.2, 0) is 28.6 Å². The Morgan fingerprint density at radius 3 is 0.840 bits per heavy atom. The average molecular weight is 1040 g/mol. The van der Waals surface area contributed by atoms with Crippen LogP contribution in [0.15, 0.2) is 146 Å². The van der Waals surface area contributed by atoms with Crippen LogP contribution in [0.25, 0.3) is 0 Å². The molecule has 0 aliphatic carbocycles. The van der Waals surface area contributed by atoms with Crippen molar-refractivity contribution < 1.29 is 28.6 Å². The second-order valence-corrected chi connectivity index (χ2v) is 19.5. The highest BCUT2D eigenvalue weighted by atomic mass is 16.6. The van der Waals surface area contributed by atoms with E-state index in [1.54, 1.807) is 0 Å². The zero-order valence-corrected chi connectivity index (χ0v) is 48.3. The summed E-state index contributed by atoms with van der Waals surface area (Å²) in [5.41, 5.74) is 0. The number of allylic oxidation sites excluding steroid dienone is 24. The van der Waals surface area contributed by atoms with Gasteiger partial charge in [-0.15, -0.1) is 0 Å². The van der Waals surface area contributed by atoms with E-state index in [1.165, 1.54) is 51.4 Å². The van der Waals surface area contributed by atoms with Crippen LogP contribution >= 0.6 is 0 Å². The molecular formula is C69H110O6. The lowest BCUT2D eigenvalue weighted by Gasteiger charge is -2.18. The van der Waals surface area contributed by atoms with Crippen molar-refractivity contribution in [3.63, 3.8) is 0 Å². The summed E-state index contributed by atoms with van der Waals surface area (Å²) in [6, 6.07) is 0. The predicted octanol–water partition coefficient (Wildman–Crippen LogP) is 20.8. The van der Waals surface area contributed by atoms with Crippen LogP contribution < -0.4 is 0 Å². The van der Waals surface area contributed by atoms with Gasteiger partial charge in [-0.25, -0.2) is 0 Å². The number of ether oxygens (including phenoxy) is 3. The monoisotopic (exact) mass is 1030 g/mol. The molecule has 6 heteroatoms. The standard InChI is InChI=1S/C69H110O6/c1-4-7-10-13-16-19-22-25-27-28-29-30-31-32-33-34-35-36-37-38-39-40-42-44-47-50-53-56-59-62-68(71)74-65-66(64-73-67(70)61-58-55-52-49-46-43-24-21-18-15-12-9-6-3)75-69(72)63-60-57-54-51-48-45-41-26-23-20-17-14-11-8-5-2/h7-8,10-12,15-17,19-21,24-27,29-30,32-33,35-36,41,48,51,66H,4-6,9,13-14,18,22-23,28,31,34,37-40,42-47,49-50,52-65H2,1-3H3/b10-7-,11-8-,15-12-,19-16-,20-17-,24-21-,27-25-,30-29-,33-32-,36-35-,41-26-,51-48-. The predicted molar refractivity (Wildman–Crippen MR) is 325 cm³/mol. The van der Waals surface area contributed by atoms with E-state index in [4.69, 9.17) is 14.2 Å². The van der Waals surface area contributed by atoms with E-state index < -0.39 is 6.10 Å². The molecule has 0 radical (unpaired) electrons. The van der Waals surface area contributed by atoms with Crippen molar-refractivity contribution in [3.05, 3.63) is 146 Å². The maximum absolute atomic E-state index is 12.8. The zero-order valence-electron chi connectivity index (χ0n) is 48.3. The molecule has 0 aliphatic heterocycles. The van der Waals surface area contributed by atoms with Gasteiger partial charge in [0.2, 0.25) is 0 Å². The van der Waals surface area contributed by atoms with E-state index in [2.05, 4.69) is 167 Å². The van der Waals surface area contributed by atoms with Gasteiger partial charge in [0.15, 0.2) is 6.10 Å². The summed E-state index contributed by atoms with van der Waals surface area (Å²) < 4.78 is 16.8. The fraction of sp³-hybridized carbons (Fsp3) is 0.609. The summed E-state index contributed by atoms with van der Waals surface area (Å²) >= 11 is 0. The first kappa shape index (κ1) is 70.3. The Labute approximate surface area is 461 Å². The van der Waals surface area contributed by atoms with Gasteiger partial charge in [0.25, 0.3) is 0 Å². The minimum Gasteiger partial charge on any atom is -0.462 e. The van der Waals surface area contributed by atoms with Crippen molar-refractivity contribution in [1.29, 1.82) is 0 Å². The maximum atomic E-state index is 12.8. The molecule has 0 amide bonds. The Kier molecular flexibility index (Phi) is 58.0. The van der Waals surface area contributed by atoms with Gasteiger partial charge in [0, 0.05) is 19.3 Å². The summed E-state index contributed by atoms with van der Waals surface area (Å²) in [6.45, 7) is 6.29. The summed E-state index contributed by atoms with van der Waals surface area (Å²) in [7, 11) is 0. The minimum absolute atomic E-state index is 0.106. The molecule has 0 heterocycles. The topological polar surface area (TPSA) is 78.9 Å². The Bertz CT molecular complexity index is 1660. The smallest absolute Gasteiger partial charge is 0.306 e. The first-order valence-electron chi connectivity index (χ1n) is 30.3. The van der Waals surface area contributed by atoms with E-state index in [-0.39, 0.29) is 37.5 Å². The molecule has 422 valence electrons. The van der Waals surface area contributed by atoms with Gasteiger partial charge < -0.3 is 14.2 Å². The van der Waals surface area contributed by atoms with Crippen LogP contribution in [0.4, 0.5) is 0 Å². The van der Waals surface area contributed by atoms with Crippen LogP contribution in [0.3, 0.4) is 0 Å². The molecule has 1 unspecified atom stereocenters. The van der Waals surface area contributed by atoms with Crippen molar-refractivity contribution in [2.45, 2.75) is 258 Å². The molecule has 0 aromatic heterocycles. The van der Waals surface area contributed by atoms with Gasteiger partial charge in [-0.05, 0) is 135 Å². The Morgan fingerprint density at radius 2 is 0.520 bits per heavy atom. The number of carbonyl (C=O) groups excluding carboxylic acids is 3. The Morgan fingerprint density at radius 1 is 0.280 bits per heavy atom. The molecule has 0 saturated heterocycles. The highest BCUT2D eigenvalue weighted by molar-refractivity contribution is 5.71. The first-order chi connectivity index (χ1) is 37.0. The third-order valence-corrected chi connectivity index (χ3v) is 12.3. The van der Waals surface area contributed by atoms with E-state index in [9.17, 15) is 14.4 Å². The maximum Gasteiger partial charge on any atom is 0.306 e. The molecule has 6 nitrogen and oxygen atoms in total. The molecule has 0 aromatic rings. The number of carbonyl (C=O) groups is 3. The number of unbranched alkanes of at least 4 members (excludes halogenated alkanes) is 18. The van der Waals surface area contributed by atoms with Crippen LogP contribution in [0.1, 0.15) is 252 Å². The molecule has 0 N–H and O–H groups in total. The summed E-state index contributed by atoms with van der Waals surface area (Å²) in [5, 5.41) is 0. The highest BCUT2D eigenvalue weighted by Gasteiger charge is 2.19. The Balaban J connectivity index is 4.34. The quantitative estimate of drug-likeness (QED) is 0.0261. The highest BCUT2D eigenvalue weighted by Crippen LogP contribution is 2.14. The second-order valence-electron chi connectivity index (χ2n) is 19.5. The molecule has 75 heavy (non-hydrogen) atoms. The molecular weight excluding hydrogens is 925 g/mol. The van der Waals surface area contributed by atoms with Crippen LogP contribution in [-0.4, -0.2) is 37.2 Å². The van der Waals surface area contributed by atoms with Gasteiger partial charge in [-0.2, -0.15) is 0 Å². The summed E-state index contributed by atoms with van der Waals surface area (Å²) in [5.74, 6) is -0.971. The normalized spacial score (nSPS) is 13.2. The van der Waals surface area contributed by atoms with Crippen molar-refractivity contribution in [2.75, 3.05) is 13.2 Å². The molecule has 0 aliphatic rings. The zero-order chi connectivity index (χ0) is 54.3. The lowest BCUT2D eigenvalue weighted by atomic mass is 10.1. The van der Waals surface area contributed by atoms with Gasteiger partial charge in [-0.3, -0.25) is 14.4 Å². The van der Waals surface area contributed by atoms with Gasteiger partial charge >= 0.3 is 17.9 Å².